The van der Waals surface area contributed by atoms with E-state index in [1.54, 1.807) is 0 Å². The van der Waals surface area contributed by atoms with E-state index in [4.69, 9.17) is 0 Å². The van der Waals surface area contributed by atoms with Crippen molar-refractivity contribution < 1.29 is 0 Å². The van der Waals surface area contributed by atoms with E-state index < -0.39 is 0 Å². The Bertz CT molecular complexity index is 126. The molecule has 1 atom stereocenters. The maximum atomic E-state index is 2.31. The van der Waals surface area contributed by atoms with Gasteiger partial charge in [0.1, 0.15) is 0 Å². The zero-order chi connectivity index (χ0) is 12.1. The highest BCUT2D eigenvalue weighted by Gasteiger charge is 1.93. The van der Waals surface area contributed by atoms with Crippen molar-refractivity contribution in [2.24, 2.45) is 0 Å². The molecular formula is C14H32NP. The van der Waals surface area contributed by atoms with Crippen molar-refractivity contribution in [1.29, 1.82) is 0 Å². The quantitative estimate of drug-likeness (QED) is 0.343. The van der Waals surface area contributed by atoms with Gasteiger partial charge >= 0.3 is 0 Å². The molecule has 0 saturated heterocycles. The van der Waals surface area contributed by atoms with Gasteiger partial charge in [-0.1, -0.05) is 73.4 Å². The zero-order valence-corrected chi connectivity index (χ0v) is 12.7. The smallest absolute Gasteiger partial charge is 0.00995 e. The third-order valence-electron chi connectivity index (χ3n) is 2.96. The van der Waals surface area contributed by atoms with E-state index in [0.29, 0.717) is 0 Å². The lowest BCUT2D eigenvalue weighted by Crippen LogP contribution is -1.97. The van der Waals surface area contributed by atoms with Crippen LogP contribution >= 0.6 is 8.73 Å². The third-order valence-corrected chi connectivity index (χ3v) is 4.17. The first-order valence-corrected chi connectivity index (χ1v) is 8.33. The second kappa shape index (κ2) is 13.5. The van der Waals surface area contributed by atoms with Gasteiger partial charge in [-0.15, -0.1) is 0 Å². The first-order valence-electron chi connectivity index (χ1n) is 7.18. The number of unbranched alkanes of at least 4 members (excludes halogenated alkanes) is 9. The second-order valence-electron chi connectivity index (χ2n) is 4.98. The summed E-state index contributed by atoms with van der Waals surface area (Å²) < 4.78 is 2.31. The minimum absolute atomic E-state index is 1.03. The van der Waals surface area contributed by atoms with Crippen LogP contribution in [0.4, 0.5) is 0 Å². The van der Waals surface area contributed by atoms with Crippen molar-refractivity contribution in [3.8, 4) is 0 Å². The Kier molecular flexibility index (Phi) is 13.8. The van der Waals surface area contributed by atoms with Crippen LogP contribution in [-0.2, 0) is 0 Å². The van der Waals surface area contributed by atoms with Gasteiger partial charge < -0.3 is 0 Å². The Morgan fingerprint density at radius 3 is 1.56 bits per heavy atom. The fraction of sp³-hybridized carbons (Fsp3) is 1.00. The lowest BCUT2D eigenvalue weighted by molar-refractivity contribution is 0.562. The highest BCUT2D eigenvalue weighted by atomic mass is 31.1. The fourth-order valence-electron chi connectivity index (χ4n) is 1.92. The van der Waals surface area contributed by atoms with Gasteiger partial charge in [-0.3, -0.25) is 4.67 Å². The van der Waals surface area contributed by atoms with Crippen LogP contribution in [-0.4, -0.2) is 24.9 Å². The first kappa shape index (κ1) is 16.4. The van der Waals surface area contributed by atoms with Crippen molar-refractivity contribution in [2.75, 3.05) is 20.3 Å². The van der Waals surface area contributed by atoms with Gasteiger partial charge in [0.2, 0.25) is 0 Å². The number of hydrogen-bond acceptors (Lipinski definition) is 1. The van der Waals surface area contributed by atoms with E-state index in [1.165, 1.54) is 70.4 Å². The van der Waals surface area contributed by atoms with Crippen LogP contribution in [0.5, 0.6) is 0 Å². The Morgan fingerprint density at radius 2 is 1.12 bits per heavy atom. The third kappa shape index (κ3) is 14.4. The molecule has 0 aromatic rings. The van der Waals surface area contributed by atoms with Crippen molar-refractivity contribution in [2.45, 2.75) is 71.1 Å². The van der Waals surface area contributed by atoms with Crippen LogP contribution in [0.2, 0.25) is 0 Å². The van der Waals surface area contributed by atoms with E-state index in [0.717, 1.165) is 8.73 Å². The number of hydrogen-bond donors (Lipinski definition) is 0. The predicted octanol–water partition coefficient (Wildman–Crippen LogP) is 5.06. The lowest BCUT2D eigenvalue weighted by atomic mass is 10.1. The zero-order valence-electron chi connectivity index (χ0n) is 11.7. The summed E-state index contributed by atoms with van der Waals surface area (Å²) in [5, 5.41) is 0. The van der Waals surface area contributed by atoms with E-state index in [1.807, 2.05) is 0 Å². The minimum Gasteiger partial charge on any atom is -0.291 e. The van der Waals surface area contributed by atoms with Gasteiger partial charge in [-0.2, -0.15) is 0 Å². The van der Waals surface area contributed by atoms with E-state index in [9.17, 15) is 0 Å². The summed E-state index contributed by atoms with van der Waals surface area (Å²) in [4.78, 5) is 0. The first-order chi connectivity index (χ1) is 7.77. The highest BCUT2D eigenvalue weighted by molar-refractivity contribution is 7.35. The Hall–Kier alpha value is 0.390. The molecule has 1 nitrogen and oxygen atoms in total. The summed E-state index contributed by atoms with van der Waals surface area (Å²) in [5.41, 5.74) is 0. The highest BCUT2D eigenvalue weighted by Crippen LogP contribution is 2.16. The Balaban J connectivity index is 2.88. The molecule has 0 aliphatic carbocycles. The lowest BCUT2D eigenvalue weighted by Gasteiger charge is -2.08. The predicted molar refractivity (Wildman–Crippen MR) is 78.7 cm³/mol. The summed E-state index contributed by atoms with van der Waals surface area (Å²) in [6, 6.07) is 0. The molecule has 0 spiro atoms. The molecule has 16 heavy (non-hydrogen) atoms. The van der Waals surface area contributed by atoms with Crippen LogP contribution in [0.15, 0.2) is 0 Å². The molecule has 0 heterocycles. The van der Waals surface area contributed by atoms with Crippen LogP contribution in [0, 0.1) is 0 Å². The Morgan fingerprint density at radius 1 is 0.688 bits per heavy atom. The second-order valence-corrected chi connectivity index (χ2v) is 6.70. The van der Waals surface area contributed by atoms with Gasteiger partial charge in [-0.25, -0.2) is 0 Å². The minimum atomic E-state index is 1.03. The van der Waals surface area contributed by atoms with Crippen molar-refractivity contribution in [3.63, 3.8) is 0 Å². The standard InChI is InChI=1S/C14H32NP/c1-4-5-6-7-8-9-10-11-12-13-14-16-15(2)3/h16H,4-14H2,1-3H3. The van der Waals surface area contributed by atoms with E-state index in [2.05, 4.69) is 25.7 Å². The molecule has 98 valence electrons. The molecule has 0 saturated carbocycles. The fourth-order valence-corrected chi connectivity index (χ4v) is 2.77. The molecule has 0 amide bonds. The monoisotopic (exact) mass is 245 g/mol. The molecule has 0 aromatic heterocycles. The topological polar surface area (TPSA) is 3.24 Å². The summed E-state index contributed by atoms with van der Waals surface area (Å²) >= 11 is 0. The maximum absolute atomic E-state index is 2.31. The van der Waals surface area contributed by atoms with Crippen molar-refractivity contribution in [3.05, 3.63) is 0 Å². The van der Waals surface area contributed by atoms with Crippen molar-refractivity contribution >= 4 is 8.73 Å². The molecule has 0 bridgehead atoms. The average Bonchev–Trinajstić information content (AvgIpc) is 2.25. The maximum Gasteiger partial charge on any atom is -0.00995 e. The molecule has 0 radical (unpaired) electrons. The summed E-state index contributed by atoms with van der Waals surface area (Å²) in [6.07, 6.45) is 15.9. The van der Waals surface area contributed by atoms with Crippen molar-refractivity contribution in [1.82, 2.24) is 4.67 Å². The molecule has 0 N–H and O–H groups in total. The van der Waals surface area contributed by atoms with Gasteiger partial charge in [0.15, 0.2) is 0 Å². The van der Waals surface area contributed by atoms with E-state index >= 15 is 0 Å². The molecule has 0 fully saturated rings. The Labute approximate surface area is 105 Å². The number of nitrogens with zero attached hydrogens (tertiary/aromatic N) is 1. The molecule has 1 unspecified atom stereocenters. The normalized spacial score (nSPS) is 12.0. The van der Waals surface area contributed by atoms with Crippen LogP contribution in [0.3, 0.4) is 0 Å². The largest absolute Gasteiger partial charge is 0.291 e. The summed E-state index contributed by atoms with van der Waals surface area (Å²) in [6.45, 7) is 2.29. The van der Waals surface area contributed by atoms with Gasteiger partial charge in [0, 0.05) is 0 Å². The van der Waals surface area contributed by atoms with Crippen LogP contribution < -0.4 is 0 Å². The van der Waals surface area contributed by atoms with Crippen LogP contribution in [0.1, 0.15) is 71.1 Å². The van der Waals surface area contributed by atoms with Gasteiger partial charge in [0.25, 0.3) is 0 Å². The average molecular weight is 245 g/mol. The molecule has 0 aromatic carbocycles. The SMILES string of the molecule is CCCCCCCCCCCCPN(C)C. The number of rotatable bonds is 12. The summed E-state index contributed by atoms with van der Waals surface area (Å²) in [7, 11) is 5.38. The van der Waals surface area contributed by atoms with Gasteiger partial charge in [0.05, 0.1) is 0 Å². The molecule has 0 rings (SSSR count). The molecule has 0 aliphatic heterocycles. The molecular weight excluding hydrogens is 213 g/mol. The van der Waals surface area contributed by atoms with Crippen LogP contribution in [0.25, 0.3) is 0 Å². The van der Waals surface area contributed by atoms with E-state index in [-0.39, 0.29) is 0 Å². The molecule has 2 heteroatoms. The molecule has 0 aliphatic rings. The van der Waals surface area contributed by atoms with Gasteiger partial charge in [-0.05, 0) is 26.7 Å². The summed E-state index contributed by atoms with van der Waals surface area (Å²) in [5.74, 6) is 0.